The van der Waals surface area contributed by atoms with Crippen LogP contribution >= 0.6 is 0 Å². The van der Waals surface area contributed by atoms with E-state index in [4.69, 9.17) is 10.5 Å². The van der Waals surface area contributed by atoms with Crippen LogP contribution in [0, 0.1) is 13.8 Å². The van der Waals surface area contributed by atoms with Crippen molar-refractivity contribution < 1.29 is 9.84 Å². The third-order valence-corrected chi connectivity index (χ3v) is 6.03. The molecule has 3 aromatic rings. The maximum Gasteiger partial charge on any atom is 0.0876 e. The van der Waals surface area contributed by atoms with Crippen molar-refractivity contribution in [2.45, 2.75) is 65.2 Å². The van der Waals surface area contributed by atoms with Crippen LogP contribution < -0.4 is 5.73 Å². The summed E-state index contributed by atoms with van der Waals surface area (Å²) < 4.78 is 6.32. The van der Waals surface area contributed by atoms with Crippen molar-refractivity contribution in [3.63, 3.8) is 0 Å². The Balaban J connectivity index is 1.72. The highest BCUT2D eigenvalue weighted by molar-refractivity contribution is 5.37. The maximum absolute atomic E-state index is 10.2. The molecule has 0 heterocycles. The zero-order valence-corrected chi connectivity index (χ0v) is 20.3. The van der Waals surface area contributed by atoms with Crippen molar-refractivity contribution in [3.05, 3.63) is 106 Å². The Bertz CT molecular complexity index is 1030. The molecule has 0 saturated carbocycles. The van der Waals surface area contributed by atoms with Gasteiger partial charge in [0.1, 0.15) is 0 Å². The smallest absolute Gasteiger partial charge is 0.0876 e. The van der Waals surface area contributed by atoms with Gasteiger partial charge in [0.2, 0.25) is 0 Å². The number of rotatable bonds is 8. The second-order valence-corrected chi connectivity index (χ2v) is 9.98. The SMILES string of the molecule is Cc1ccc(C(N)COC(C)(C)c2cc(C)cc(Cc3ccc(C(C)(C)O)cc3)c2)cc1. The van der Waals surface area contributed by atoms with Crippen LogP contribution in [-0.4, -0.2) is 11.7 Å². The van der Waals surface area contributed by atoms with Gasteiger partial charge in [-0.15, -0.1) is 0 Å². The Morgan fingerprint density at radius 2 is 1.41 bits per heavy atom. The van der Waals surface area contributed by atoms with Gasteiger partial charge in [0, 0.05) is 0 Å². The summed E-state index contributed by atoms with van der Waals surface area (Å²) in [4.78, 5) is 0. The van der Waals surface area contributed by atoms with Crippen LogP contribution in [-0.2, 0) is 22.4 Å². The fourth-order valence-electron chi connectivity index (χ4n) is 3.87. The highest BCUT2D eigenvalue weighted by Gasteiger charge is 2.24. The molecule has 0 radical (unpaired) electrons. The Labute approximate surface area is 193 Å². The van der Waals surface area contributed by atoms with E-state index in [0.717, 1.165) is 23.1 Å². The lowest BCUT2D eigenvalue weighted by atomic mass is 9.91. The van der Waals surface area contributed by atoms with Crippen molar-refractivity contribution in [1.82, 2.24) is 0 Å². The van der Waals surface area contributed by atoms with Crippen LogP contribution in [0.3, 0.4) is 0 Å². The molecule has 3 aromatic carbocycles. The second kappa shape index (κ2) is 9.58. The van der Waals surface area contributed by atoms with E-state index in [9.17, 15) is 5.11 Å². The van der Waals surface area contributed by atoms with Gasteiger partial charge < -0.3 is 15.6 Å². The van der Waals surface area contributed by atoms with E-state index in [-0.39, 0.29) is 6.04 Å². The number of hydrogen-bond donors (Lipinski definition) is 2. The van der Waals surface area contributed by atoms with Gasteiger partial charge in [-0.25, -0.2) is 0 Å². The van der Waals surface area contributed by atoms with Gasteiger partial charge in [-0.3, -0.25) is 0 Å². The van der Waals surface area contributed by atoms with Crippen molar-refractivity contribution in [3.8, 4) is 0 Å². The molecule has 3 rings (SSSR count). The Morgan fingerprint density at radius 1 is 0.781 bits per heavy atom. The Hall–Kier alpha value is -2.46. The Morgan fingerprint density at radius 3 is 2.00 bits per heavy atom. The summed E-state index contributed by atoms with van der Waals surface area (Å²) in [5, 5.41) is 10.2. The molecule has 0 amide bonds. The number of ether oxygens (including phenoxy) is 1. The first-order valence-corrected chi connectivity index (χ1v) is 11.3. The normalized spacial score (nSPS) is 13.2. The van der Waals surface area contributed by atoms with E-state index in [0.29, 0.717) is 6.61 Å². The minimum absolute atomic E-state index is 0.159. The molecule has 0 aliphatic rings. The van der Waals surface area contributed by atoms with Gasteiger partial charge in [0.25, 0.3) is 0 Å². The standard InChI is InChI=1S/C29H37NO2/c1-20-7-11-24(12-8-20)27(30)19-32-29(5,6)26-16-21(2)15-23(18-26)17-22-9-13-25(14-10-22)28(3,4)31/h7-16,18,27,31H,17,19,30H2,1-6H3. The molecule has 0 fully saturated rings. The van der Waals surface area contributed by atoms with Crippen LogP contribution in [0.1, 0.15) is 72.7 Å². The highest BCUT2D eigenvalue weighted by atomic mass is 16.5. The van der Waals surface area contributed by atoms with E-state index >= 15 is 0 Å². The first-order chi connectivity index (χ1) is 14.9. The van der Waals surface area contributed by atoms with Gasteiger partial charge in [-0.05, 0) is 75.8 Å². The summed E-state index contributed by atoms with van der Waals surface area (Å²) in [6.45, 7) is 12.5. The summed E-state index contributed by atoms with van der Waals surface area (Å²) in [7, 11) is 0. The second-order valence-electron chi connectivity index (χ2n) is 9.98. The predicted octanol–water partition coefficient (Wildman–Crippen LogP) is 6.07. The van der Waals surface area contributed by atoms with Gasteiger partial charge in [-0.1, -0.05) is 77.9 Å². The van der Waals surface area contributed by atoms with Crippen LogP contribution in [0.2, 0.25) is 0 Å². The van der Waals surface area contributed by atoms with Crippen LogP contribution in [0.4, 0.5) is 0 Å². The van der Waals surface area contributed by atoms with Crippen molar-refractivity contribution in [1.29, 1.82) is 0 Å². The van der Waals surface area contributed by atoms with Gasteiger partial charge in [0.15, 0.2) is 0 Å². The summed E-state index contributed by atoms with van der Waals surface area (Å²) >= 11 is 0. The van der Waals surface area contributed by atoms with E-state index in [1.807, 2.05) is 26.0 Å². The molecule has 1 unspecified atom stereocenters. The average molecular weight is 432 g/mol. The number of aryl methyl sites for hydroxylation is 2. The Kier molecular flexibility index (Phi) is 7.24. The van der Waals surface area contributed by atoms with E-state index in [1.165, 1.54) is 22.3 Å². The molecule has 32 heavy (non-hydrogen) atoms. The molecule has 3 heteroatoms. The van der Waals surface area contributed by atoms with Crippen LogP contribution in [0.25, 0.3) is 0 Å². The first-order valence-electron chi connectivity index (χ1n) is 11.3. The third-order valence-electron chi connectivity index (χ3n) is 6.03. The number of benzene rings is 3. The van der Waals surface area contributed by atoms with Gasteiger partial charge >= 0.3 is 0 Å². The topological polar surface area (TPSA) is 55.5 Å². The van der Waals surface area contributed by atoms with E-state index < -0.39 is 11.2 Å². The van der Waals surface area contributed by atoms with Gasteiger partial charge in [-0.2, -0.15) is 0 Å². The third kappa shape index (κ3) is 6.29. The van der Waals surface area contributed by atoms with Crippen LogP contribution in [0.5, 0.6) is 0 Å². The number of aliphatic hydroxyl groups is 1. The van der Waals surface area contributed by atoms with Crippen molar-refractivity contribution >= 4 is 0 Å². The quantitative estimate of drug-likeness (QED) is 0.455. The summed E-state index contributed by atoms with van der Waals surface area (Å²) in [6.07, 6.45) is 0.833. The molecule has 0 saturated heterocycles. The minimum atomic E-state index is -0.824. The van der Waals surface area contributed by atoms with Crippen LogP contribution in [0.15, 0.2) is 66.7 Å². The van der Waals surface area contributed by atoms with Gasteiger partial charge in [0.05, 0.1) is 23.9 Å². The molecule has 1 atom stereocenters. The molecule has 0 bridgehead atoms. The van der Waals surface area contributed by atoms with Crippen molar-refractivity contribution in [2.75, 3.05) is 6.61 Å². The fourth-order valence-corrected chi connectivity index (χ4v) is 3.87. The first kappa shape index (κ1) is 24.2. The fraction of sp³-hybridized carbons (Fsp3) is 0.379. The monoisotopic (exact) mass is 431 g/mol. The van der Waals surface area contributed by atoms with Crippen molar-refractivity contribution in [2.24, 2.45) is 5.73 Å². The van der Waals surface area contributed by atoms with E-state index in [1.54, 1.807) is 0 Å². The summed E-state index contributed by atoms with van der Waals surface area (Å²) in [6, 6.07) is 23.0. The molecule has 0 aliphatic carbocycles. The molecule has 0 spiro atoms. The maximum atomic E-state index is 10.2. The summed E-state index contributed by atoms with van der Waals surface area (Å²) in [5.74, 6) is 0. The summed E-state index contributed by atoms with van der Waals surface area (Å²) in [5.41, 5.74) is 13.2. The predicted molar refractivity (Wildman–Crippen MR) is 133 cm³/mol. The largest absolute Gasteiger partial charge is 0.386 e. The molecule has 3 N–H and O–H groups in total. The number of nitrogens with two attached hydrogens (primary N) is 1. The minimum Gasteiger partial charge on any atom is -0.386 e. The number of hydrogen-bond acceptors (Lipinski definition) is 3. The average Bonchev–Trinajstić information content (AvgIpc) is 2.72. The molecule has 0 aromatic heterocycles. The lowest BCUT2D eigenvalue weighted by Crippen LogP contribution is -2.27. The lowest BCUT2D eigenvalue weighted by molar-refractivity contribution is -0.0286. The molecular weight excluding hydrogens is 394 g/mol. The zero-order chi connectivity index (χ0) is 23.5. The van der Waals surface area contributed by atoms with E-state index in [2.05, 4.69) is 82.3 Å². The molecular formula is C29H37NO2. The highest BCUT2D eigenvalue weighted by Crippen LogP contribution is 2.29. The molecule has 0 aliphatic heterocycles. The molecule has 170 valence electrons. The lowest BCUT2D eigenvalue weighted by Gasteiger charge is -2.29. The zero-order valence-electron chi connectivity index (χ0n) is 20.3. The molecule has 3 nitrogen and oxygen atoms in total.